The molecule has 0 saturated carbocycles. The van der Waals surface area contributed by atoms with Gasteiger partial charge in [-0.15, -0.1) is 20.1 Å². The number of H-pyrrole nitrogens is 1. The van der Waals surface area contributed by atoms with E-state index in [0.29, 0.717) is 18.2 Å². The van der Waals surface area contributed by atoms with Gasteiger partial charge in [0.25, 0.3) is 0 Å². The normalized spacial score (nSPS) is 22.3. The number of benzene rings is 1. The van der Waals surface area contributed by atoms with E-state index in [1.807, 2.05) is 11.3 Å². The first-order valence-corrected chi connectivity index (χ1v) is 11.8. The van der Waals surface area contributed by atoms with Crippen molar-refractivity contribution in [3.8, 4) is 22.6 Å². The van der Waals surface area contributed by atoms with Crippen LogP contribution in [-0.2, 0) is 4.74 Å². The van der Waals surface area contributed by atoms with E-state index in [1.165, 1.54) is 15.8 Å². The highest BCUT2D eigenvalue weighted by Gasteiger charge is 2.44. The Kier molecular flexibility index (Phi) is 5.01. The van der Waals surface area contributed by atoms with Gasteiger partial charge < -0.3 is 19.2 Å². The molecular weight excluding hydrogens is 448 g/mol. The van der Waals surface area contributed by atoms with Crippen molar-refractivity contribution in [1.82, 2.24) is 9.88 Å². The zero-order chi connectivity index (χ0) is 22.6. The van der Waals surface area contributed by atoms with E-state index < -0.39 is 6.29 Å². The molecule has 3 aliphatic rings. The number of fused-ring (bicyclic) bond motifs is 2. The highest BCUT2D eigenvalue weighted by atomic mass is 32.1. The first-order chi connectivity index (χ1) is 16.0. The Hall–Kier alpha value is -2.75. The van der Waals surface area contributed by atoms with Gasteiger partial charge in [0.05, 0.1) is 19.8 Å². The Morgan fingerprint density at radius 3 is 2.85 bits per heavy atom. The van der Waals surface area contributed by atoms with Crippen LogP contribution in [0.1, 0.15) is 28.6 Å². The summed E-state index contributed by atoms with van der Waals surface area (Å²) < 4.78 is 42.3. The monoisotopic (exact) mass is 471 g/mol. The average Bonchev–Trinajstić information content (AvgIpc) is 3.54. The van der Waals surface area contributed by atoms with Crippen LogP contribution in [0.15, 0.2) is 41.5 Å². The first-order valence-electron chi connectivity index (χ1n) is 11.0. The summed E-state index contributed by atoms with van der Waals surface area (Å²) in [6.45, 7) is 6.33. The van der Waals surface area contributed by atoms with E-state index in [2.05, 4.69) is 39.8 Å². The minimum atomic E-state index is -3.66. The molecule has 0 bridgehead atoms. The minimum absolute atomic E-state index is 0.0387. The smallest absolute Gasteiger partial charge is 0.395 e. The molecule has 2 unspecified atom stereocenters. The van der Waals surface area contributed by atoms with Crippen LogP contribution in [0.4, 0.5) is 8.78 Å². The van der Waals surface area contributed by atoms with E-state index in [9.17, 15) is 8.78 Å². The fourth-order valence-corrected chi connectivity index (χ4v) is 5.84. The summed E-state index contributed by atoms with van der Waals surface area (Å²) >= 11 is 1.81. The molecule has 3 aliphatic heterocycles. The predicted molar refractivity (Wildman–Crippen MR) is 120 cm³/mol. The van der Waals surface area contributed by atoms with Crippen molar-refractivity contribution < 1.29 is 23.0 Å². The summed E-state index contributed by atoms with van der Waals surface area (Å²) in [4.78, 5) is 12.9. The van der Waals surface area contributed by atoms with Crippen molar-refractivity contribution in [2.75, 3.05) is 32.8 Å². The Bertz CT molecular complexity index is 1310. The number of para-hydroxylation sites is 1. The number of hydrogen-bond acceptors (Lipinski definition) is 6. The second-order valence-electron chi connectivity index (χ2n) is 8.44. The lowest BCUT2D eigenvalue weighted by Crippen LogP contribution is -2.37. The largest absolute Gasteiger partial charge is 0.586 e. The SMILES string of the molecule is CC(c1ccc(C2C=c3c(-c4cccc5c4OC(F)(F)O5)c[nH]c3=NC2)s1)N1CCOCC1. The average molecular weight is 472 g/mol. The van der Waals surface area contributed by atoms with Gasteiger partial charge in [0.1, 0.15) is 5.49 Å². The Morgan fingerprint density at radius 2 is 2.00 bits per heavy atom. The molecule has 1 aromatic carbocycles. The molecule has 0 spiro atoms. The summed E-state index contributed by atoms with van der Waals surface area (Å²) in [6.07, 6.45) is 0.315. The number of rotatable bonds is 4. The maximum absolute atomic E-state index is 13.7. The molecule has 0 aliphatic carbocycles. The molecular formula is C24H23F2N3O3S. The number of ether oxygens (including phenoxy) is 3. The third-order valence-electron chi connectivity index (χ3n) is 6.45. The molecule has 6 nitrogen and oxygen atoms in total. The number of alkyl halides is 2. The summed E-state index contributed by atoms with van der Waals surface area (Å²) in [7, 11) is 0. The maximum Gasteiger partial charge on any atom is 0.586 e. The zero-order valence-electron chi connectivity index (χ0n) is 18.0. The third-order valence-corrected chi connectivity index (χ3v) is 7.84. The quantitative estimate of drug-likeness (QED) is 0.631. The van der Waals surface area contributed by atoms with Gasteiger partial charge >= 0.3 is 6.29 Å². The topological polar surface area (TPSA) is 59.1 Å². The van der Waals surface area contributed by atoms with Crippen molar-refractivity contribution in [2.45, 2.75) is 25.2 Å². The molecule has 3 aromatic rings. The number of aromatic nitrogens is 1. The second kappa shape index (κ2) is 7.93. The lowest BCUT2D eigenvalue weighted by atomic mass is 10.00. The van der Waals surface area contributed by atoms with E-state index in [1.54, 1.807) is 18.3 Å². The van der Waals surface area contributed by atoms with Crippen molar-refractivity contribution >= 4 is 17.4 Å². The number of halogens is 2. The molecule has 2 aromatic heterocycles. The van der Waals surface area contributed by atoms with Gasteiger partial charge in [-0.25, -0.2) is 0 Å². The van der Waals surface area contributed by atoms with Gasteiger partial charge in [-0.2, -0.15) is 0 Å². The van der Waals surface area contributed by atoms with Crippen LogP contribution in [0.2, 0.25) is 0 Å². The van der Waals surface area contributed by atoms with E-state index >= 15 is 0 Å². The molecule has 0 amide bonds. The van der Waals surface area contributed by atoms with Crippen LogP contribution in [0.25, 0.3) is 17.2 Å². The number of nitrogens with one attached hydrogen (secondary N) is 1. The van der Waals surface area contributed by atoms with Crippen LogP contribution < -0.4 is 20.2 Å². The highest BCUT2D eigenvalue weighted by molar-refractivity contribution is 7.12. The standard InChI is InChI=1S/C24H23F2N3O3S/c1-14(29-7-9-30-10-8-29)20-5-6-21(33-20)15-11-17-18(13-28-23(17)27-12-15)16-3-2-4-19-22(16)32-24(25,26)31-19/h2-6,11,13-15H,7-10,12H2,1H3,(H,27,28). The van der Waals surface area contributed by atoms with Crippen molar-refractivity contribution in [1.29, 1.82) is 0 Å². The molecule has 1 saturated heterocycles. The number of nitrogens with zero attached hydrogens (tertiary/aromatic N) is 2. The van der Waals surface area contributed by atoms with Crippen LogP contribution in [0.3, 0.4) is 0 Å². The van der Waals surface area contributed by atoms with Crippen LogP contribution >= 0.6 is 11.3 Å². The minimum Gasteiger partial charge on any atom is -0.395 e. The number of aromatic amines is 1. The maximum atomic E-state index is 13.7. The lowest BCUT2D eigenvalue weighted by Gasteiger charge is -2.31. The Labute approximate surface area is 193 Å². The predicted octanol–water partition coefficient (Wildman–Crippen LogP) is 3.66. The fourth-order valence-electron chi connectivity index (χ4n) is 4.68. The molecule has 9 heteroatoms. The van der Waals surface area contributed by atoms with Crippen molar-refractivity contribution in [2.24, 2.45) is 4.99 Å². The number of thiophene rings is 1. The van der Waals surface area contributed by atoms with Crippen LogP contribution in [0.5, 0.6) is 11.5 Å². The van der Waals surface area contributed by atoms with Gasteiger partial charge in [-0.1, -0.05) is 18.2 Å². The molecule has 5 heterocycles. The summed E-state index contributed by atoms with van der Waals surface area (Å²) in [5.74, 6) is 0.215. The molecule has 33 heavy (non-hydrogen) atoms. The second-order valence-corrected chi connectivity index (χ2v) is 9.59. The lowest BCUT2D eigenvalue weighted by molar-refractivity contribution is -0.286. The van der Waals surface area contributed by atoms with Crippen LogP contribution in [0, 0.1) is 0 Å². The molecule has 172 valence electrons. The van der Waals surface area contributed by atoms with Crippen molar-refractivity contribution in [3.63, 3.8) is 0 Å². The zero-order valence-corrected chi connectivity index (χ0v) is 18.8. The number of morpholine rings is 1. The van der Waals surface area contributed by atoms with E-state index in [0.717, 1.165) is 42.6 Å². The molecule has 6 rings (SSSR count). The molecule has 1 N–H and O–H groups in total. The van der Waals surface area contributed by atoms with Crippen LogP contribution in [-0.4, -0.2) is 49.0 Å². The summed E-state index contributed by atoms with van der Waals surface area (Å²) in [6, 6.07) is 9.67. The molecule has 1 fully saturated rings. The highest BCUT2D eigenvalue weighted by Crippen LogP contribution is 2.46. The summed E-state index contributed by atoms with van der Waals surface area (Å²) in [5, 5.41) is 0.898. The third kappa shape index (κ3) is 3.74. The fraction of sp³-hybridized carbons (Fsp3) is 0.375. The van der Waals surface area contributed by atoms with E-state index in [4.69, 9.17) is 14.5 Å². The van der Waals surface area contributed by atoms with Gasteiger partial charge in [-0.05, 0) is 25.1 Å². The molecule has 2 atom stereocenters. The first kappa shape index (κ1) is 20.8. The van der Waals surface area contributed by atoms with Gasteiger partial charge in [-0.3, -0.25) is 9.89 Å². The van der Waals surface area contributed by atoms with Gasteiger partial charge in [0.15, 0.2) is 11.5 Å². The Balaban J connectivity index is 1.33. The van der Waals surface area contributed by atoms with Gasteiger partial charge in [0.2, 0.25) is 0 Å². The van der Waals surface area contributed by atoms with Gasteiger partial charge in [0, 0.05) is 57.3 Å². The van der Waals surface area contributed by atoms with Crippen molar-refractivity contribution in [3.05, 3.63) is 57.0 Å². The molecule has 0 radical (unpaired) electrons. The number of hydrogen-bond donors (Lipinski definition) is 1. The summed E-state index contributed by atoms with van der Waals surface area (Å²) in [5.41, 5.74) is 2.08. The van der Waals surface area contributed by atoms with E-state index in [-0.39, 0.29) is 17.4 Å². The Morgan fingerprint density at radius 1 is 1.15 bits per heavy atom.